The second-order valence-electron chi connectivity index (χ2n) is 6.80. The van der Waals surface area contributed by atoms with Gasteiger partial charge in [-0.2, -0.15) is 10.2 Å². The Morgan fingerprint density at radius 3 is 2.93 bits per heavy atom. The summed E-state index contributed by atoms with van der Waals surface area (Å²) >= 11 is 1.57. The molecule has 5 rings (SSSR count). The number of thiazole rings is 1. The molecule has 0 radical (unpaired) electrons. The van der Waals surface area contributed by atoms with Crippen LogP contribution in [0.1, 0.15) is 34.5 Å². The van der Waals surface area contributed by atoms with Crippen molar-refractivity contribution in [1.82, 2.24) is 14.8 Å². The van der Waals surface area contributed by atoms with Crippen LogP contribution < -0.4 is 5.43 Å². The molecule has 2 heterocycles. The molecule has 0 unspecified atom stereocenters. The average molecular weight is 403 g/mol. The number of carboxylic acid groups (broad SMARTS) is 1. The van der Waals surface area contributed by atoms with E-state index >= 15 is 0 Å². The SMILES string of the molecule is O=C(O)c1cccc(-n2cc3c(n2)CCC/C3=N\Nc2nc3ccccc3s2)c1. The molecule has 4 aromatic rings. The minimum absolute atomic E-state index is 0.238. The Morgan fingerprint density at radius 1 is 1.17 bits per heavy atom. The summed E-state index contributed by atoms with van der Waals surface area (Å²) in [6.45, 7) is 0. The lowest BCUT2D eigenvalue weighted by molar-refractivity contribution is 0.0697. The van der Waals surface area contributed by atoms with E-state index in [0.29, 0.717) is 0 Å². The predicted octanol–water partition coefficient (Wildman–Crippen LogP) is 4.33. The largest absolute Gasteiger partial charge is 0.478 e. The highest BCUT2D eigenvalue weighted by atomic mass is 32.1. The zero-order valence-electron chi connectivity index (χ0n) is 15.4. The number of aromatic nitrogens is 3. The summed E-state index contributed by atoms with van der Waals surface area (Å²) in [4.78, 5) is 15.8. The van der Waals surface area contributed by atoms with E-state index in [0.717, 1.165) is 57.3 Å². The lowest BCUT2D eigenvalue weighted by Gasteiger charge is -2.11. The third-order valence-corrected chi connectivity index (χ3v) is 5.81. The normalized spacial score (nSPS) is 14.8. The summed E-state index contributed by atoms with van der Waals surface area (Å²) in [5, 5.41) is 19.3. The van der Waals surface area contributed by atoms with E-state index in [2.05, 4.69) is 20.6 Å². The number of nitrogens with one attached hydrogen (secondary N) is 1. The van der Waals surface area contributed by atoms with Gasteiger partial charge in [-0.25, -0.2) is 14.5 Å². The van der Waals surface area contributed by atoms with Crippen molar-refractivity contribution in [3.63, 3.8) is 0 Å². The maximum atomic E-state index is 11.3. The van der Waals surface area contributed by atoms with Crippen molar-refractivity contribution in [2.24, 2.45) is 5.10 Å². The Bertz CT molecular complexity index is 1220. The van der Waals surface area contributed by atoms with Gasteiger partial charge in [-0.1, -0.05) is 29.5 Å². The number of fused-ring (bicyclic) bond motifs is 2. The van der Waals surface area contributed by atoms with E-state index < -0.39 is 5.97 Å². The van der Waals surface area contributed by atoms with Crippen LogP contribution in [-0.4, -0.2) is 31.6 Å². The molecule has 0 saturated heterocycles. The Hall–Kier alpha value is -3.52. The zero-order chi connectivity index (χ0) is 19.8. The van der Waals surface area contributed by atoms with E-state index in [1.54, 1.807) is 34.2 Å². The fourth-order valence-corrected chi connectivity index (χ4v) is 4.27. The fourth-order valence-electron chi connectivity index (χ4n) is 3.46. The Balaban J connectivity index is 1.45. The molecule has 1 aliphatic carbocycles. The molecule has 0 spiro atoms. The van der Waals surface area contributed by atoms with E-state index in [1.807, 2.05) is 36.5 Å². The van der Waals surface area contributed by atoms with Crippen LogP contribution in [-0.2, 0) is 6.42 Å². The molecule has 0 saturated carbocycles. The standard InChI is InChI=1S/C21H17N5O2S/c27-20(28)13-5-3-6-14(11-13)26-12-15-16(8-4-9-17(15)25-26)23-24-21-22-18-7-1-2-10-19(18)29-21/h1-3,5-7,10-12H,4,8-9H2,(H,22,24)(H,27,28)/b23-16+. The molecule has 2 N–H and O–H groups in total. The highest BCUT2D eigenvalue weighted by Crippen LogP contribution is 2.27. The van der Waals surface area contributed by atoms with Gasteiger partial charge in [0.15, 0.2) is 0 Å². The molecule has 0 bridgehead atoms. The minimum Gasteiger partial charge on any atom is -0.478 e. The quantitative estimate of drug-likeness (QED) is 0.495. The zero-order valence-corrected chi connectivity index (χ0v) is 16.2. The topological polar surface area (TPSA) is 92.4 Å². The molecule has 2 aromatic carbocycles. The summed E-state index contributed by atoms with van der Waals surface area (Å²) in [5.74, 6) is -0.953. The third kappa shape index (κ3) is 3.38. The maximum Gasteiger partial charge on any atom is 0.335 e. The third-order valence-electron chi connectivity index (χ3n) is 4.87. The molecule has 29 heavy (non-hydrogen) atoms. The Morgan fingerprint density at radius 2 is 2.07 bits per heavy atom. The van der Waals surface area contributed by atoms with Crippen LogP contribution in [0.25, 0.3) is 15.9 Å². The van der Waals surface area contributed by atoms with Crippen molar-refractivity contribution in [1.29, 1.82) is 0 Å². The molecule has 0 fully saturated rings. The molecule has 1 aliphatic rings. The van der Waals surface area contributed by atoms with Gasteiger partial charge in [0.1, 0.15) is 0 Å². The van der Waals surface area contributed by atoms with E-state index in [-0.39, 0.29) is 5.56 Å². The van der Waals surface area contributed by atoms with Gasteiger partial charge in [-0.15, -0.1) is 0 Å². The number of hydrogen-bond acceptors (Lipinski definition) is 6. The number of benzene rings is 2. The molecule has 0 atom stereocenters. The van der Waals surface area contributed by atoms with Gasteiger partial charge < -0.3 is 5.11 Å². The van der Waals surface area contributed by atoms with Gasteiger partial charge in [0, 0.05) is 11.8 Å². The van der Waals surface area contributed by atoms with Crippen molar-refractivity contribution in [2.45, 2.75) is 19.3 Å². The van der Waals surface area contributed by atoms with Crippen LogP contribution in [0.5, 0.6) is 0 Å². The van der Waals surface area contributed by atoms with Crippen molar-refractivity contribution >= 4 is 38.4 Å². The number of carbonyl (C=O) groups is 1. The molecule has 8 heteroatoms. The second kappa shape index (κ2) is 7.14. The molecule has 0 amide bonds. The molecule has 0 aliphatic heterocycles. The molecular weight excluding hydrogens is 386 g/mol. The van der Waals surface area contributed by atoms with Gasteiger partial charge in [0.05, 0.1) is 32.9 Å². The number of rotatable bonds is 4. The molecule has 7 nitrogen and oxygen atoms in total. The van der Waals surface area contributed by atoms with Crippen LogP contribution >= 0.6 is 11.3 Å². The van der Waals surface area contributed by atoms with Crippen LogP contribution in [0, 0.1) is 0 Å². The molecular formula is C21H17N5O2S. The fraction of sp³-hybridized carbons (Fsp3) is 0.143. The lowest BCUT2D eigenvalue weighted by atomic mass is 9.96. The van der Waals surface area contributed by atoms with Crippen LogP contribution in [0.15, 0.2) is 59.8 Å². The van der Waals surface area contributed by atoms with Gasteiger partial charge in [-0.05, 0) is 49.6 Å². The molecule has 144 valence electrons. The number of nitrogens with zero attached hydrogens (tertiary/aromatic N) is 4. The Kier molecular flexibility index (Phi) is 4.33. The highest BCUT2D eigenvalue weighted by Gasteiger charge is 2.20. The monoisotopic (exact) mass is 403 g/mol. The average Bonchev–Trinajstić information content (AvgIpc) is 3.36. The Labute approximate surface area is 170 Å². The van der Waals surface area contributed by atoms with Gasteiger partial charge in [0.2, 0.25) is 5.13 Å². The first-order valence-electron chi connectivity index (χ1n) is 9.28. The van der Waals surface area contributed by atoms with Crippen molar-refractivity contribution in [3.8, 4) is 5.69 Å². The van der Waals surface area contributed by atoms with Gasteiger partial charge in [0.25, 0.3) is 0 Å². The predicted molar refractivity (Wildman–Crippen MR) is 113 cm³/mol. The number of hydrogen-bond donors (Lipinski definition) is 2. The molecule has 2 aromatic heterocycles. The number of aromatic carboxylic acids is 1. The van der Waals surface area contributed by atoms with E-state index in [1.165, 1.54) is 0 Å². The highest BCUT2D eigenvalue weighted by molar-refractivity contribution is 7.22. The van der Waals surface area contributed by atoms with E-state index in [9.17, 15) is 9.90 Å². The summed E-state index contributed by atoms with van der Waals surface area (Å²) in [5.41, 5.74) is 7.91. The number of hydrazone groups is 1. The first-order valence-corrected chi connectivity index (χ1v) is 10.1. The first kappa shape index (κ1) is 17.6. The van der Waals surface area contributed by atoms with Crippen LogP contribution in [0.2, 0.25) is 0 Å². The summed E-state index contributed by atoms with van der Waals surface area (Å²) in [7, 11) is 0. The van der Waals surface area contributed by atoms with Crippen LogP contribution in [0.4, 0.5) is 5.13 Å². The van der Waals surface area contributed by atoms with Crippen LogP contribution in [0.3, 0.4) is 0 Å². The van der Waals surface area contributed by atoms with Crippen molar-refractivity contribution in [3.05, 3.63) is 71.5 Å². The number of anilines is 1. The smallest absolute Gasteiger partial charge is 0.335 e. The summed E-state index contributed by atoms with van der Waals surface area (Å²) in [6, 6.07) is 14.8. The van der Waals surface area contributed by atoms with Crippen molar-refractivity contribution in [2.75, 3.05) is 5.43 Å². The lowest BCUT2D eigenvalue weighted by Crippen LogP contribution is -2.12. The number of aryl methyl sites for hydroxylation is 1. The minimum atomic E-state index is -0.953. The maximum absolute atomic E-state index is 11.3. The summed E-state index contributed by atoms with van der Waals surface area (Å²) in [6.07, 6.45) is 4.63. The van der Waals surface area contributed by atoms with E-state index in [4.69, 9.17) is 0 Å². The van der Waals surface area contributed by atoms with Gasteiger partial charge in [-0.3, -0.25) is 5.43 Å². The summed E-state index contributed by atoms with van der Waals surface area (Å²) < 4.78 is 2.85. The van der Waals surface area contributed by atoms with Gasteiger partial charge >= 0.3 is 5.97 Å². The number of carboxylic acids is 1. The first-order chi connectivity index (χ1) is 14.2. The van der Waals surface area contributed by atoms with Crippen molar-refractivity contribution < 1.29 is 9.90 Å². The number of para-hydroxylation sites is 1. The second-order valence-corrected chi connectivity index (χ2v) is 7.83.